The fourth-order valence-corrected chi connectivity index (χ4v) is 187. The Kier molecular flexibility index (Phi) is 13.1. The molecule has 1 fully saturated rings. The molecule has 0 aromatic carbocycles. The summed E-state index contributed by atoms with van der Waals surface area (Å²) in [6.07, 6.45) is 11.7. The van der Waals surface area contributed by atoms with Gasteiger partial charge in [0.15, 0.2) is 0 Å². The van der Waals surface area contributed by atoms with Crippen LogP contribution in [0, 0.1) is 0 Å². The number of hydrogen-bond acceptors (Lipinski definition) is 0. The Bertz CT molecular complexity index is 493. The summed E-state index contributed by atoms with van der Waals surface area (Å²) in [5.74, 6) is 0. The lowest BCUT2D eigenvalue weighted by Gasteiger charge is -2.91. The van der Waals surface area contributed by atoms with Gasteiger partial charge in [-0.1, -0.05) is 206 Å². The molecule has 0 spiro atoms. The lowest BCUT2D eigenvalue weighted by Crippen LogP contribution is -3.12. The Morgan fingerprint density at radius 1 is 0.250 bits per heavy atom. The third-order valence-electron chi connectivity index (χ3n) is 13.9. The quantitative estimate of drug-likeness (QED) is 0.162. The predicted molar refractivity (Wildman–Crippen MR) is 181 cm³/mol. The van der Waals surface area contributed by atoms with Crippen LogP contribution in [-0.2, 0) is 0 Å². The van der Waals surface area contributed by atoms with Crippen LogP contribution in [0.1, 0.15) is 162 Å². The minimum atomic E-state index is -1.60. The Morgan fingerprint density at radius 2 is 0.333 bits per heavy atom. The van der Waals surface area contributed by atoms with E-state index >= 15 is 0 Å². The van der Waals surface area contributed by atoms with Crippen molar-refractivity contribution in [3.8, 4) is 0 Å². The molecule has 1 rings (SSSR count). The van der Waals surface area contributed by atoms with E-state index < -0.39 is 28.4 Å². The van der Waals surface area contributed by atoms with E-state index in [0.29, 0.717) is 0 Å². The monoisotopic (exact) mass is 568 g/mol. The van der Waals surface area contributed by atoms with Crippen LogP contribution in [-0.4, -0.2) is 28.4 Å². The highest BCUT2D eigenvalue weighted by atomic mass is 30.2. The van der Waals surface area contributed by atoms with E-state index in [1.54, 1.807) is 0 Å². The normalized spacial score (nSPS) is 37.3. The summed E-state index contributed by atoms with van der Waals surface area (Å²) >= 11 is 0. The molecular weight excluding hydrogens is 497 g/mol. The highest BCUT2D eigenvalue weighted by Gasteiger charge is 2.94. The molecule has 0 amide bonds. The van der Waals surface area contributed by atoms with Gasteiger partial charge in [-0.05, 0) is 0 Å². The first kappa shape index (κ1) is 34.9. The van der Waals surface area contributed by atoms with E-state index in [1.807, 2.05) is 0 Å². The zero-order valence-corrected chi connectivity index (χ0v) is 32.3. The van der Waals surface area contributed by atoms with Crippen molar-refractivity contribution in [2.45, 2.75) is 206 Å². The molecule has 0 N–H and O–H groups in total. The maximum absolute atomic E-state index is 2.86. The molecule has 8 atom stereocenters. The molecule has 1 aliphatic heterocycles. The fourth-order valence-electron chi connectivity index (χ4n) is 12.3. The molecule has 1 heterocycles. The summed E-state index contributed by atoms with van der Waals surface area (Å²) in [6.45, 7) is 43.9. The SMILES string of the molecule is CCC(C)[Si]1(C(C)CC)[Si](C(C)CC)(C(C)CC)[Si](C(C)CC)(C(C)CC)[Si]1(C(C)CC)C(C)CC. The smallest absolute Gasteiger partial charge is 0.0442 e. The van der Waals surface area contributed by atoms with Gasteiger partial charge in [-0.15, -0.1) is 0 Å². The van der Waals surface area contributed by atoms with Crippen LogP contribution in [0.25, 0.3) is 0 Å². The van der Waals surface area contributed by atoms with Gasteiger partial charge < -0.3 is 0 Å². The number of hydrogen-bond donors (Lipinski definition) is 0. The summed E-state index contributed by atoms with van der Waals surface area (Å²) in [5, 5.41) is 0. The maximum Gasteiger partial charge on any atom is 0.0442 e. The van der Waals surface area contributed by atoms with Crippen LogP contribution in [0.15, 0.2) is 0 Å². The lowest BCUT2D eigenvalue weighted by molar-refractivity contribution is 0.694. The second-order valence-corrected chi connectivity index (χ2v) is 54.6. The maximum atomic E-state index is 2.86. The van der Waals surface area contributed by atoms with Gasteiger partial charge in [0.05, 0.1) is 0 Å². The van der Waals surface area contributed by atoms with Crippen molar-refractivity contribution in [2.24, 2.45) is 0 Å². The first-order chi connectivity index (χ1) is 16.9. The minimum Gasteiger partial charge on any atom is -0.0654 e. The molecule has 8 unspecified atom stereocenters. The van der Waals surface area contributed by atoms with Gasteiger partial charge in [0.2, 0.25) is 0 Å². The summed E-state index contributed by atoms with van der Waals surface area (Å²) in [6, 6.07) is 0. The molecule has 0 nitrogen and oxygen atoms in total. The minimum absolute atomic E-state index is 1.03. The molecule has 36 heavy (non-hydrogen) atoms. The van der Waals surface area contributed by atoms with Crippen molar-refractivity contribution < 1.29 is 0 Å². The molecular formula is C32H72Si4. The van der Waals surface area contributed by atoms with Gasteiger partial charge in [-0.25, -0.2) is 0 Å². The summed E-state index contributed by atoms with van der Waals surface area (Å²) < 4.78 is 0. The van der Waals surface area contributed by atoms with Crippen LogP contribution in [0.5, 0.6) is 0 Å². The molecule has 0 aromatic rings. The molecule has 4 heteroatoms. The van der Waals surface area contributed by atoms with Gasteiger partial charge in [-0.2, -0.15) is 0 Å². The van der Waals surface area contributed by atoms with Crippen molar-refractivity contribution in [1.82, 2.24) is 0 Å². The van der Waals surface area contributed by atoms with Crippen molar-refractivity contribution in [3.63, 3.8) is 0 Å². The van der Waals surface area contributed by atoms with E-state index in [-0.39, 0.29) is 0 Å². The van der Waals surface area contributed by atoms with Gasteiger partial charge in [0, 0.05) is 28.4 Å². The predicted octanol–water partition coefficient (Wildman–Crippen LogP) is 12.5. The molecule has 1 aliphatic rings. The zero-order valence-electron chi connectivity index (χ0n) is 28.3. The summed E-state index contributed by atoms with van der Waals surface area (Å²) in [7, 11) is -6.40. The van der Waals surface area contributed by atoms with Crippen LogP contribution in [0.2, 0.25) is 44.3 Å². The lowest BCUT2D eigenvalue weighted by atomic mass is 10.3. The average Bonchev–Trinajstić information content (AvgIpc) is 2.90. The largest absolute Gasteiger partial charge is 0.0654 e. The van der Waals surface area contributed by atoms with E-state index in [0.717, 1.165) is 44.3 Å². The third-order valence-corrected chi connectivity index (χ3v) is 114. The van der Waals surface area contributed by atoms with E-state index in [4.69, 9.17) is 0 Å². The Hall–Kier alpha value is 0.868. The van der Waals surface area contributed by atoms with Gasteiger partial charge in [0.1, 0.15) is 0 Å². The van der Waals surface area contributed by atoms with Gasteiger partial charge >= 0.3 is 0 Å². The van der Waals surface area contributed by atoms with Crippen molar-refractivity contribution >= 4 is 28.4 Å². The molecule has 1 saturated heterocycles. The second kappa shape index (κ2) is 13.5. The van der Waals surface area contributed by atoms with Crippen LogP contribution < -0.4 is 0 Å². The Labute approximate surface area is 234 Å². The summed E-state index contributed by atoms with van der Waals surface area (Å²) in [5.41, 5.74) is 8.26. The first-order valence-corrected chi connectivity index (χ1v) is 29.5. The van der Waals surface area contributed by atoms with Gasteiger partial charge in [-0.3, -0.25) is 0 Å². The molecule has 0 aromatic heterocycles. The average molecular weight is 569 g/mol. The molecule has 0 bridgehead atoms. The molecule has 0 aliphatic carbocycles. The van der Waals surface area contributed by atoms with Crippen molar-refractivity contribution in [2.75, 3.05) is 0 Å². The Morgan fingerprint density at radius 3 is 0.389 bits per heavy atom. The van der Waals surface area contributed by atoms with Crippen LogP contribution in [0.4, 0.5) is 0 Å². The topological polar surface area (TPSA) is 0 Å². The zero-order chi connectivity index (χ0) is 28.3. The standard InChI is InChI=1S/C32H72Si4/c1-17-25(9)33(26(10)18-2)34(27(11)19-3,28(12)20-4)36(31(15)23-7,32(16)24-8)35(33,29(13)21-5)30(14)22-6/h25-32H,17-24H2,1-16H3. The van der Waals surface area contributed by atoms with Crippen molar-refractivity contribution in [3.05, 3.63) is 0 Å². The molecule has 216 valence electrons. The first-order valence-electron chi connectivity index (χ1n) is 16.9. The highest BCUT2D eigenvalue weighted by molar-refractivity contribution is 8.15. The summed E-state index contributed by atoms with van der Waals surface area (Å²) in [4.78, 5) is 0. The number of rotatable bonds is 16. The molecule has 0 radical (unpaired) electrons. The van der Waals surface area contributed by atoms with E-state index in [2.05, 4.69) is 111 Å². The third kappa shape index (κ3) is 3.93. The van der Waals surface area contributed by atoms with Gasteiger partial charge in [0.25, 0.3) is 0 Å². The second-order valence-electron chi connectivity index (χ2n) is 14.0. The van der Waals surface area contributed by atoms with Crippen LogP contribution in [0.3, 0.4) is 0 Å². The fraction of sp³-hybridized carbons (Fsp3) is 1.00. The Balaban J connectivity index is 4.82. The van der Waals surface area contributed by atoms with E-state index in [9.17, 15) is 0 Å². The van der Waals surface area contributed by atoms with Crippen LogP contribution >= 0.6 is 0 Å². The van der Waals surface area contributed by atoms with Crippen molar-refractivity contribution in [1.29, 1.82) is 0 Å². The molecule has 0 saturated carbocycles. The highest BCUT2D eigenvalue weighted by Crippen LogP contribution is 2.79. The van der Waals surface area contributed by atoms with E-state index in [1.165, 1.54) is 51.4 Å².